The Labute approximate surface area is 193 Å². The molecular weight excluding hydrogens is 418 g/mol. The van der Waals surface area contributed by atoms with Crippen LogP contribution in [0.25, 0.3) is 5.69 Å². The average molecular weight is 450 g/mol. The topological polar surface area (TPSA) is 124 Å². The maximum Gasteiger partial charge on any atom is 0.270 e. The van der Waals surface area contributed by atoms with Crippen LogP contribution in [-0.4, -0.2) is 51.6 Å². The van der Waals surface area contributed by atoms with E-state index in [9.17, 15) is 4.79 Å². The molecule has 3 heterocycles. The van der Waals surface area contributed by atoms with E-state index in [1.807, 2.05) is 17.7 Å². The highest BCUT2D eigenvalue weighted by Crippen LogP contribution is 2.26. The van der Waals surface area contributed by atoms with Gasteiger partial charge in [0.15, 0.2) is 0 Å². The number of nitrogens with zero attached hydrogens (tertiary/aromatic N) is 4. The van der Waals surface area contributed by atoms with Gasteiger partial charge in [0.05, 0.1) is 18.6 Å². The monoisotopic (exact) mass is 449 g/mol. The van der Waals surface area contributed by atoms with E-state index in [0.717, 1.165) is 38.2 Å². The van der Waals surface area contributed by atoms with Crippen molar-refractivity contribution in [3.8, 4) is 11.6 Å². The number of rotatable bonds is 8. The van der Waals surface area contributed by atoms with Gasteiger partial charge >= 0.3 is 0 Å². The number of nitrogens with one attached hydrogen (secondary N) is 1. The predicted molar refractivity (Wildman–Crippen MR) is 128 cm³/mol. The van der Waals surface area contributed by atoms with Crippen molar-refractivity contribution < 1.29 is 9.53 Å². The van der Waals surface area contributed by atoms with Crippen molar-refractivity contribution in [2.45, 2.75) is 26.3 Å². The second-order valence-electron chi connectivity index (χ2n) is 8.31. The molecule has 0 unspecified atom stereocenters. The molecule has 1 aromatic carbocycles. The van der Waals surface area contributed by atoms with Crippen LogP contribution in [0.3, 0.4) is 0 Å². The fraction of sp³-hybridized carbons (Fsp3) is 0.375. The summed E-state index contributed by atoms with van der Waals surface area (Å²) in [4.78, 5) is 23.4. The lowest BCUT2D eigenvalue weighted by Gasteiger charge is -2.32. The standard InChI is InChI=1S/C24H31N7O2/c1-2-33-24-22(26)20(25)13-21(29-24)23(32)28-14-17-7-10-30(11-8-17)15-18-3-5-19(6-4-18)31-12-9-27-16-31/h3-6,9,12-13,16-17H,2,7-8,10-11,14-15,26H2,1H3,(H2,25,29)(H,28,32). The largest absolute Gasteiger partial charge is 0.476 e. The number of benzene rings is 1. The van der Waals surface area contributed by atoms with Crippen molar-refractivity contribution in [2.75, 3.05) is 37.7 Å². The highest BCUT2D eigenvalue weighted by Gasteiger charge is 2.21. The van der Waals surface area contributed by atoms with Crippen molar-refractivity contribution >= 4 is 17.3 Å². The van der Waals surface area contributed by atoms with Gasteiger partial charge in [-0.3, -0.25) is 9.69 Å². The molecule has 1 amide bonds. The van der Waals surface area contributed by atoms with Crippen LogP contribution in [0.5, 0.6) is 5.88 Å². The summed E-state index contributed by atoms with van der Waals surface area (Å²) >= 11 is 0. The van der Waals surface area contributed by atoms with E-state index in [4.69, 9.17) is 16.2 Å². The van der Waals surface area contributed by atoms with E-state index < -0.39 is 0 Å². The zero-order valence-electron chi connectivity index (χ0n) is 18.9. The van der Waals surface area contributed by atoms with Crippen LogP contribution in [-0.2, 0) is 6.54 Å². The van der Waals surface area contributed by atoms with Gasteiger partial charge in [0.25, 0.3) is 5.91 Å². The number of aromatic nitrogens is 3. The minimum Gasteiger partial charge on any atom is -0.476 e. The van der Waals surface area contributed by atoms with Crippen molar-refractivity contribution in [1.82, 2.24) is 24.8 Å². The minimum absolute atomic E-state index is 0.203. The molecule has 3 aromatic rings. The maximum atomic E-state index is 12.6. The van der Waals surface area contributed by atoms with E-state index in [2.05, 4.69) is 44.5 Å². The van der Waals surface area contributed by atoms with E-state index in [1.54, 1.807) is 12.5 Å². The van der Waals surface area contributed by atoms with Gasteiger partial charge in [-0.15, -0.1) is 0 Å². The molecule has 33 heavy (non-hydrogen) atoms. The Balaban J connectivity index is 1.24. The van der Waals surface area contributed by atoms with Gasteiger partial charge in [-0.2, -0.15) is 0 Å². The number of hydrogen-bond acceptors (Lipinski definition) is 7. The molecule has 0 aliphatic carbocycles. The molecule has 9 heteroatoms. The summed E-state index contributed by atoms with van der Waals surface area (Å²) in [6.45, 7) is 5.78. The minimum atomic E-state index is -0.261. The van der Waals surface area contributed by atoms with Crippen LogP contribution >= 0.6 is 0 Å². The van der Waals surface area contributed by atoms with Gasteiger partial charge in [0.1, 0.15) is 11.4 Å². The second kappa shape index (κ2) is 10.4. The summed E-state index contributed by atoms with van der Waals surface area (Å²) in [7, 11) is 0. The van der Waals surface area contributed by atoms with Crippen LogP contribution < -0.4 is 21.5 Å². The number of carbonyl (C=O) groups is 1. The first-order chi connectivity index (χ1) is 16.0. The van der Waals surface area contributed by atoms with Crippen LogP contribution in [0, 0.1) is 5.92 Å². The lowest BCUT2D eigenvalue weighted by atomic mass is 9.96. The molecule has 0 bridgehead atoms. The molecule has 4 rings (SSSR count). The number of ether oxygens (including phenoxy) is 1. The van der Waals surface area contributed by atoms with Gasteiger partial charge in [-0.05, 0) is 62.5 Å². The van der Waals surface area contributed by atoms with E-state index in [-0.39, 0.29) is 23.2 Å². The van der Waals surface area contributed by atoms with Crippen molar-refractivity contribution in [1.29, 1.82) is 0 Å². The van der Waals surface area contributed by atoms with Gasteiger partial charge in [-0.1, -0.05) is 12.1 Å². The Morgan fingerprint density at radius 1 is 1.21 bits per heavy atom. The second-order valence-corrected chi connectivity index (χ2v) is 8.31. The first kappa shape index (κ1) is 22.6. The molecule has 9 nitrogen and oxygen atoms in total. The summed E-state index contributed by atoms with van der Waals surface area (Å²) in [5.74, 6) is 0.378. The normalized spacial score (nSPS) is 14.8. The molecule has 2 aromatic heterocycles. The van der Waals surface area contributed by atoms with Crippen LogP contribution in [0.15, 0.2) is 49.1 Å². The molecule has 174 valence electrons. The summed E-state index contributed by atoms with van der Waals surface area (Å²) in [6.07, 6.45) is 7.59. The Bertz CT molecular complexity index is 1060. The molecule has 0 atom stereocenters. The Kier molecular flexibility index (Phi) is 7.09. The summed E-state index contributed by atoms with van der Waals surface area (Å²) in [5.41, 5.74) is 15.0. The van der Waals surface area contributed by atoms with E-state index >= 15 is 0 Å². The number of imidazole rings is 1. The molecule has 1 aliphatic rings. The molecule has 1 saturated heterocycles. The maximum absolute atomic E-state index is 12.6. The molecular formula is C24H31N7O2. The first-order valence-electron chi connectivity index (χ1n) is 11.3. The number of likely N-dealkylation sites (tertiary alicyclic amines) is 1. The number of piperidine rings is 1. The summed E-state index contributed by atoms with van der Waals surface area (Å²) < 4.78 is 7.38. The fourth-order valence-electron chi connectivity index (χ4n) is 4.03. The number of pyridine rings is 1. The van der Waals surface area contributed by atoms with Gasteiger partial charge in [-0.25, -0.2) is 9.97 Å². The van der Waals surface area contributed by atoms with Crippen molar-refractivity contribution in [3.63, 3.8) is 0 Å². The molecule has 5 N–H and O–H groups in total. The quantitative estimate of drug-likeness (QED) is 0.482. The predicted octanol–water partition coefficient (Wildman–Crippen LogP) is 2.47. The van der Waals surface area contributed by atoms with Gasteiger partial charge in [0.2, 0.25) is 5.88 Å². The first-order valence-corrected chi connectivity index (χ1v) is 11.3. The number of nitrogen functional groups attached to an aromatic ring is 2. The highest BCUT2D eigenvalue weighted by atomic mass is 16.5. The van der Waals surface area contributed by atoms with Gasteiger partial charge in [0, 0.05) is 31.2 Å². The van der Waals surface area contributed by atoms with Crippen LogP contribution in [0.2, 0.25) is 0 Å². The van der Waals surface area contributed by atoms with Crippen LogP contribution in [0.1, 0.15) is 35.8 Å². The van der Waals surface area contributed by atoms with Crippen molar-refractivity contribution in [2.24, 2.45) is 5.92 Å². The Morgan fingerprint density at radius 3 is 2.64 bits per heavy atom. The number of nitrogens with two attached hydrogens (primary N) is 2. The number of hydrogen-bond donors (Lipinski definition) is 3. The summed E-state index contributed by atoms with van der Waals surface area (Å²) in [6, 6.07) is 10.1. The lowest BCUT2D eigenvalue weighted by molar-refractivity contribution is 0.0929. The molecule has 1 aliphatic heterocycles. The van der Waals surface area contributed by atoms with Gasteiger partial charge < -0.3 is 26.1 Å². The lowest BCUT2D eigenvalue weighted by Crippen LogP contribution is -2.38. The molecule has 0 saturated carbocycles. The highest BCUT2D eigenvalue weighted by molar-refractivity contribution is 5.94. The zero-order chi connectivity index (χ0) is 23.2. The number of amides is 1. The fourth-order valence-corrected chi connectivity index (χ4v) is 4.03. The van der Waals surface area contributed by atoms with E-state index in [1.165, 1.54) is 11.6 Å². The smallest absolute Gasteiger partial charge is 0.270 e. The van der Waals surface area contributed by atoms with Crippen molar-refractivity contribution in [3.05, 3.63) is 60.3 Å². The average Bonchev–Trinajstić information content (AvgIpc) is 3.37. The zero-order valence-corrected chi connectivity index (χ0v) is 18.9. The summed E-state index contributed by atoms with van der Waals surface area (Å²) in [5, 5.41) is 2.99. The third-order valence-corrected chi connectivity index (χ3v) is 5.97. The SMILES string of the molecule is CCOc1nc(C(=O)NCC2CCN(Cc3ccc(-n4ccnc4)cc3)CC2)cc(N)c1N. The molecule has 1 fully saturated rings. The third kappa shape index (κ3) is 5.61. The molecule has 0 radical (unpaired) electrons. The Hall–Kier alpha value is -3.59. The number of anilines is 2. The Morgan fingerprint density at radius 2 is 1.97 bits per heavy atom. The third-order valence-electron chi connectivity index (χ3n) is 5.97. The number of carbonyl (C=O) groups excluding carboxylic acids is 1. The van der Waals surface area contributed by atoms with E-state index in [0.29, 0.717) is 24.8 Å². The van der Waals surface area contributed by atoms with Crippen LogP contribution in [0.4, 0.5) is 11.4 Å². The molecule has 0 spiro atoms.